The van der Waals surface area contributed by atoms with Gasteiger partial charge in [0.1, 0.15) is 5.65 Å². The summed E-state index contributed by atoms with van der Waals surface area (Å²) in [5.41, 5.74) is 2.27. The predicted molar refractivity (Wildman–Crippen MR) is 153 cm³/mol. The first kappa shape index (κ1) is 25.7. The van der Waals surface area contributed by atoms with Crippen LogP contribution in [0.15, 0.2) is 29.2 Å². The number of aliphatic hydroxyl groups is 1. The van der Waals surface area contributed by atoms with Crippen molar-refractivity contribution in [3.8, 4) is 0 Å². The van der Waals surface area contributed by atoms with E-state index in [2.05, 4.69) is 47.3 Å². The van der Waals surface area contributed by atoms with Gasteiger partial charge in [0.25, 0.3) is 5.56 Å². The second-order valence-corrected chi connectivity index (χ2v) is 12.1. The van der Waals surface area contributed by atoms with E-state index in [0.29, 0.717) is 17.0 Å². The monoisotopic (exact) mass is 518 g/mol. The molecule has 6 rings (SSSR count). The molecule has 8 heteroatoms. The van der Waals surface area contributed by atoms with Crippen molar-refractivity contribution in [2.45, 2.75) is 77.0 Å². The molecule has 1 saturated heterocycles. The van der Waals surface area contributed by atoms with E-state index in [4.69, 9.17) is 9.97 Å². The van der Waals surface area contributed by atoms with Crippen LogP contribution in [0.2, 0.25) is 0 Å². The zero-order valence-electron chi connectivity index (χ0n) is 23.0. The van der Waals surface area contributed by atoms with E-state index in [1.54, 1.807) is 0 Å². The molecular formula is C30H42N6O2. The molecule has 0 unspecified atom stereocenters. The molecule has 8 nitrogen and oxygen atoms in total. The number of hydrogen-bond donors (Lipinski definition) is 2. The van der Waals surface area contributed by atoms with Crippen LogP contribution >= 0.6 is 0 Å². The molecule has 0 bridgehead atoms. The first-order chi connectivity index (χ1) is 18.4. The molecule has 0 atom stereocenters. The van der Waals surface area contributed by atoms with Crippen LogP contribution in [0.5, 0.6) is 0 Å². The summed E-state index contributed by atoms with van der Waals surface area (Å²) in [5.74, 6) is 0.604. The zero-order valence-corrected chi connectivity index (χ0v) is 23.0. The Morgan fingerprint density at radius 3 is 2.50 bits per heavy atom. The quantitative estimate of drug-likeness (QED) is 0.454. The fourth-order valence-electron chi connectivity index (χ4n) is 6.68. The van der Waals surface area contributed by atoms with Crippen LogP contribution in [0.3, 0.4) is 0 Å². The molecule has 2 aromatic heterocycles. The number of likely N-dealkylation sites (N-methyl/N-ethyl adjacent to an activating group) is 1. The third kappa shape index (κ3) is 4.94. The van der Waals surface area contributed by atoms with Crippen molar-refractivity contribution >= 4 is 27.8 Å². The zero-order chi connectivity index (χ0) is 26.3. The van der Waals surface area contributed by atoms with E-state index in [-0.39, 0.29) is 17.7 Å². The van der Waals surface area contributed by atoms with Gasteiger partial charge in [0, 0.05) is 62.3 Å². The molecule has 0 spiro atoms. The first-order valence-electron chi connectivity index (χ1n) is 14.6. The van der Waals surface area contributed by atoms with Crippen LogP contribution in [0.4, 0.5) is 5.95 Å². The Kier molecular flexibility index (Phi) is 7.14. The van der Waals surface area contributed by atoms with E-state index in [0.717, 1.165) is 87.5 Å². The van der Waals surface area contributed by atoms with Crippen LogP contribution in [0, 0.1) is 5.41 Å². The minimum atomic E-state index is -0.275. The Bertz CT molecular complexity index is 1340. The summed E-state index contributed by atoms with van der Waals surface area (Å²) in [6.45, 7) is 8.24. The highest BCUT2D eigenvalue weighted by Gasteiger charge is 2.35. The highest BCUT2D eigenvalue weighted by Crippen LogP contribution is 2.43. The minimum Gasteiger partial charge on any atom is -0.393 e. The van der Waals surface area contributed by atoms with Crippen LogP contribution in [-0.4, -0.2) is 75.3 Å². The Hall–Kier alpha value is -2.55. The Labute approximate surface area is 225 Å². The van der Waals surface area contributed by atoms with Gasteiger partial charge in [-0.2, -0.15) is 4.98 Å². The van der Waals surface area contributed by atoms with Crippen LogP contribution in [-0.2, 0) is 6.54 Å². The third-order valence-electron chi connectivity index (χ3n) is 9.64. The molecular weight excluding hydrogens is 476 g/mol. The maximum atomic E-state index is 14.1. The van der Waals surface area contributed by atoms with Crippen molar-refractivity contribution in [2.24, 2.45) is 5.41 Å². The molecule has 3 aliphatic rings. The number of nitrogens with one attached hydrogen (secondary N) is 1. The van der Waals surface area contributed by atoms with Crippen LogP contribution in [0.1, 0.15) is 69.9 Å². The molecule has 2 aliphatic carbocycles. The third-order valence-corrected chi connectivity index (χ3v) is 9.64. The van der Waals surface area contributed by atoms with Gasteiger partial charge in [-0.15, -0.1) is 0 Å². The smallest absolute Gasteiger partial charge is 0.260 e. The number of anilines is 1. The Morgan fingerprint density at radius 2 is 1.82 bits per heavy atom. The molecule has 1 aromatic carbocycles. The average molecular weight is 519 g/mol. The van der Waals surface area contributed by atoms with E-state index in [9.17, 15) is 9.90 Å². The number of hydrogen-bond acceptors (Lipinski definition) is 7. The molecule has 38 heavy (non-hydrogen) atoms. The Morgan fingerprint density at radius 1 is 1.05 bits per heavy atom. The number of aromatic nitrogens is 3. The highest BCUT2D eigenvalue weighted by molar-refractivity contribution is 6.04. The number of aliphatic hydroxyl groups excluding tert-OH is 1. The van der Waals surface area contributed by atoms with Gasteiger partial charge in [-0.05, 0) is 74.4 Å². The number of benzene rings is 1. The minimum absolute atomic E-state index is 0.0304. The summed E-state index contributed by atoms with van der Waals surface area (Å²) in [5, 5.41) is 16.3. The largest absolute Gasteiger partial charge is 0.393 e. The molecule has 204 valence electrons. The Balaban J connectivity index is 1.39. The van der Waals surface area contributed by atoms with E-state index < -0.39 is 0 Å². The fraction of sp³-hybridized carbons (Fsp3) is 0.633. The summed E-state index contributed by atoms with van der Waals surface area (Å²) in [6, 6.07) is 6.39. The number of piperazine rings is 1. The highest BCUT2D eigenvalue weighted by atomic mass is 16.3. The molecule has 1 aliphatic heterocycles. The van der Waals surface area contributed by atoms with E-state index in [1.807, 2.05) is 10.8 Å². The lowest BCUT2D eigenvalue weighted by Crippen LogP contribution is -2.43. The SMILES string of the molecule is CCC1(CNc2ncc3c4ccc(CN5CCN(C)CC5)cc4c(=O)n(C4CCC(O)CC4)c3n2)CCC1. The normalized spacial score (nSPS) is 24.5. The van der Waals surface area contributed by atoms with Gasteiger partial charge in [0.2, 0.25) is 5.95 Å². The van der Waals surface area contributed by atoms with Gasteiger partial charge >= 0.3 is 0 Å². The molecule has 3 heterocycles. The van der Waals surface area contributed by atoms with Crippen molar-refractivity contribution in [1.29, 1.82) is 0 Å². The summed E-state index contributed by atoms with van der Waals surface area (Å²) in [4.78, 5) is 28.6. The molecule has 0 radical (unpaired) electrons. The fourth-order valence-corrected chi connectivity index (χ4v) is 6.68. The molecule has 3 aromatic rings. The lowest BCUT2D eigenvalue weighted by Gasteiger charge is -2.41. The summed E-state index contributed by atoms with van der Waals surface area (Å²) < 4.78 is 1.93. The average Bonchev–Trinajstić information content (AvgIpc) is 2.91. The van der Waals surface area contributed by atoms with Gasteiger partial charge in [-0.3, -0.25) is 14.3 Å². The number of fused-ring (bicyclic) bond motifs is 3. The topological polar surface area (TPSA) is 86.5 Å². The lowest BCUT2D eigenvalue weighted by atomic mass is 9.67. The van der Waals surface area contributed by atoms with Crippen LogP contribution < -0.4 is 10.9 Å². The second kappa shape index (κ2) is 10.5. The summed E-state index contributed by atoms with van der Waals surface area (Å²) in [6.07, 6.45) is 9.59. The maximum absolute atomic E-state index is 14.1. The van der Waals surface area contributed by atoms with Crippen molar-refractivity contribution in [1.82, 2.24) is 24.3 Å². The van der Waals surface area contributed by atoms with E-state index in [1.165, 1.54) is 24.8 Å². The van der Waals surface area contributed by atoms with Gasteiger partial charge in [0.05, 0.1) is 6.10 Å². The maximum Gasteiger partial charge on any atom is 0.260 e. The molecule has 0 amide bonds. The number of nitrogens with zero attached hydrogens (tertiary/aromatic N) is 5. The predicted octanol–water partition coefficient (Wildman–Crippen LogP) is 4.16. The van der Waals surface area contributed by atoms with Gasteiger partial charge in [-0.1, -0.05) is 25.5 Å². The molecule has 3 fully saturated rings. The lowest BCUT2D eigenvalue weighted by molar-refractivity contribution is 0.111. The molecule has 2 N–H and O–H groups in total. The summed E-state index contributed by atoms with van der Waals surface area (Å²) >= 11 is 0. The van der Waals surface area contributed by atoms with Gasteiger partial charge in [-0.25, -0.2) is 4.98 Å². The number of pyridine rings is 1. The second-order valence-electron chi connectivity index (χ2n) is 12.1. The van der Waals surface area contributed by atoms with Crippen molar-refractivity contribution in [3.05, 3.63) is 40.3 Å². The van der Waals surface area contributed by atoms with E-state index >= 15 is 0 Å². The first-order valence-corrected chi connectivity index (χ1v) is 14.6. The summed E-state index contributed by atoms with van der Waals surface area (Å²) in [7, 11) is 2.17. The van der Waals surface area contributed by atoms with Crippen molar-refractivity contribution in [3.63, 3.8) is 0 Å². The van der Waals surface area contributed by atoms with Crippen LogP contribution in [0.25, 0.3) is 21.8 Å². The standard InChI is InChI=1S/C30H42N6O2/c1-3-30(11-4-12-30)20-32-29-31-18-26-24-10-5-21(19-35-15-13-34(2)14-16-35)17-25(24)28(38)36(27(26)33-29)22-6-8-23(37)9-7-22/h5,10,17-18,22-23,37H,3-4,6-9,11-16,19-20H2,1-2H3,(H,31,32,33). The van der Waals surface area contributed by atoms with Crippen molar-refractivity contribution in [2.75, 3.05) is 45.1 Å². The van der Waals surface area contributed by atoms with Crippen molar-refractivity contribution < 1.29 is 5.11 Å². The molecule has 2 saturated carbocycles. The number of rotatable bonds is 7. The van der Waals surface area contributed by atoms with Gasteiger partial charge < -0.3 is 15.3 Å². The van der Waals surface area contributed by atoms with Gasteiger partial charge in [0.15, 0.2) is 0 Å².